The standard InChI is InChI=1S/C13H22O2/c1-12-6-4-10(14)8-13(12,2)9-11(15-3)5-7-12/h11H,4-9H2,1-3H3/t11-,12+,13-/m1/s1. The lowest BCUT2D eigenvalue weighted by atomic mass is 9.51. The first kappa shape index (κ1) is 11.1. The zero-order chi connectivity index (χ0) is 11.1. The SMILES string of the molecule is CO[C@@H]1CC[C@]2(C)CCC(=O)C[C@]2(C)C1. The van der Waals surface area contributed by atoms with E-state index in [4.69, 9.17) is 4.74 Å². The van der Waals surface area contributed by atoms with Gasteiger partial charge in [-0.05, 0) is 36.5 Å². The highest BCUT2D eigenvalue weighted by Crippen LogP contribution is 2.57. The third-order valence-electron chi connectivity index (χ3n) is 5.03. The van der Waals surface area contributed by atoms with Crippen molar-refractivity contribution in [3.05, 3.63) is 0 Å². The minimum absolute atomic E-state index is 0.182. The fourth-order valence-corrected chi connectivity index (χ4v) is 3.48. The van der Waals surface area contributed by atoms with E-state index < -0.39 is 0 Å². The van der Waals surface area contributed by atoms with Gasteiger partial charge in [0, 0.05) is 20.0 Å². The summed E-state index contributed by atoms with van der Waals surface area (Å²) in [5.41, 5.74) is 0.553. The topological polar surface area (TPSA) is 26.3 Å². The Morgan fingerprint density at radius 2 is 2.00 bits per heavy atom. The van der Waals surface area contributed by atoms with Gasteiger partial charge in [0.25, 0.3) is 0 Å². The van der Waals surface area contributed by atoms with Crippen molar-refractivity contribution in [3.63, 3.8) is 0 Å². The van der Waals surface area contributed by atoms with Crippen LogP contribution in [0, 0.1) is 10.8 Å². The van der Waals surface area contributed by atoms with Crippen LogP contribution in [0.5, 0.6) is 0 Å². The van der Waals surface area contributed by atoms with E-state index in [1.807, 2.05) is 0 Å². The predicted molar refractivity (Wildman–Crippen MR) is 59.7 cm³/mol. The van der Waals surface area contributed by atoms with E-state index in [0.717, 1.165) is 32.1 Å². The van der Waals surface area contributed by atoms with Crippen molar-refractivity contribution in [1.82, 2.24) is 0 Å². The molecule has 0 aliphatic heterocycles. The molecule has 0 aromatic rings. The van der Waals surface area contributed by atoms with Gasteiger partial charge >= 0.3 is 0 Å². The van der Waals surface area contributed by atoms with Gasteiger partial charge in [-0.1, -0.05) is 13.8 Å². The Hall–Kier alpha value is -0.370. The monoisotopic (exact) mass is 210 g/mol. The maximum absolute atomic E-state index is 11.6. The Kier molecular flexibility index (Phi) is 2.66. The Morgan fingerprint density at radius 3 is 2.67 bits per heavy atom. The normalized spacial score (nSPS) is 46.3. The van der Waals surface area contributed by atoms with Crippen molar-refractivity contribution < 1.29 is 9.53 Å². The molecule has 0 saturated heterocycles. The van der Waals surface area contributed by atoms with Crippen LogP contribution in [0.3, 0.4) is 0 Å². The van der Waals surface area contributed by atoms with Gasteiger partial charge < -0.3 is 4.74 Å². The molecule has 2 heteroatoms. The lowest BCUT2D eigenvalue weighted by Gasteiger charge is -2.54. The maximum Gasteiger partial charge on any atom is 0.133 e. The fraction of sp³-hybridized carbons (Fsp3) is 0.923. The third kappa shape index (κ3) is 1.73. The quantitative estimate of drug-likeness (QED) is 0.665. The molecule has 0 bridgehead atoms. The highest BCUT2D eigenvalue weighted by atomic mass is 16.5. The highest BCUT2D eigenvalue weighted by molar-refractivity contribution is 5.80. The number of fused-ring (bicyclic) bond motifs is 1. The Labute approximate surface area is 92.4 Å². The van der Waals surface area contributed by atoms with E-state index in [1.165, 1.54) is 6.42 Å². The zero-order valence-electron chi connectivity index (χ0n) is 10.1. The van der Waals surface area contributed by atoms with Crippen molar-refractivity contribution in [1.29, 1.82) is 0 Å². The van der Waals surface area contributed by atoms with Crippen LogP contribution in [0.15, 0.2) is 0 Å². The molecular weight excluding hydrogens is 188 g/mol. The molecule has 0 N–H and O–H groups in total. The van der Waals surface area contributed by atoms with Crippen LogP contribution in [-0.4, -0.2) is 19.0 Å². The summed E-state index contributed by atoms with van der Waals surface area (Å²) < 4.78 is 5.47. The number of carbonyl (C=O) groups excluding carboxylic acids is 1. The average molecular weight is 210 g/mol. The Balaban J connectivity index is 2.21. The largest absolute Gasteiger partial charge is 0.381 e. The van der Waals surface area contributed by atoms with E-state index in [1.54, 1.807) is 7.11 Å². The number of methoxy groups -OCH3 is 1. The van der Waals surface area contributed by atoms with Crippen LogP contribution in [0.1, 0.15) is 52.4 Å². The van der Waals surface area contributed by atoms with Crippen molar-refractivity contribution in [2.75, 3.05) is 7.11 Å². The van der Waals surface area contributed by atoms with Gasteiger partial charge in [-0.25, -0.2) is 0 Å². The molecule has 86 valence electrons. The lowest BCUT2D eigenvalue weighted by molar-refractivity contribution is -0.138. The molecule has 2 rings (SSSR count). The first-order valence-corrected chi connectivity index (χ1v) is 6.04. The summed E-state index contributed by atoms with van der Waals surface area (Å²) in [5, 5.41) is 0. The molecule has 2 saturated carbocycles. The second-order valence-electron chi connectivity index (χ2n) is 5.94. The van der Waals surface area contributed by atoms with Crippen LogP contribution < -0.4 is 0 Å². The number of ether oxygens (including phenoxy) is 1. The van der Waals surface area contributed by atoms with Gasteiger partial charge in [0.05, 0.1) is 6.10 Å². The van der Waals surface area contributed by atoms with Gasteiger partial charge in [0.15, 0.2) is 0 Å². The second-order valence-corrected chi connectivity index (χ2v) is 5.94. The third-order valence-corrected chi connectivity index (χ3v) is 5.03. The van der Waals surface area contributed by atoms with Crippen molar-refractivity contribution in [3.8, 4) is 0 Å². The summed E-state index contributed by atoms with van der Waals surface area (Å²) in [5.74, 6) is 0.451. The molecule has 0 unspecified atom stereocenters. The smallest absolute Gasteiger partial charge is 0.133 e. The minimum atomic E-state index is 0.182. The summed E-state index contributed by atoms with van der Waals surface area (Å²) in [6.45, 7) is 4.65. The number of Topliss-reactive ketones (excluding diaryl/α,β-unsaturated/α-hetero) is 1. The molecule has 0 amide bonds. The predicted octanol–water partition coefficient (Wildman–Crippen LogP) is 2.95. The molecule has 2 aliphatic rings. The van der Waals surface area contributed by atoms with Crippen LogP contribution in [0.4, 0.5) is 0 Å². The molecule has 0 heterocycles. The summed E-state index contributed by atoms with van der Waals surface area (Å²) >= 11 is 0. The molecule has 0 spiro atoms. The van der Waals surface area contributed by atoms with Gasteiger partial charge in [-0.2, -0.15) is 0 Å². The molecule has 2 aliphatic carbocycles. The van der Waals surface area contributed by atoms with Gasteiger partial charge in [0.2, 0.25) is 0 Å². The molecule has 3 atom stereocenters. The van der Waals surface area contributed by atoms with Crippen LogP contribution >= 0.6 is 0 Å². The van der Waals surface area contributed by atoms with Crippen molar-refractivity contribution >= 4 is 5.78 Å². The van der Waals surface area contributed by atoms with E-state index in [9.17, 15) is 4.79 Å². The van der Waals surface area contributed by atoms with E-state index in [2.05, 4.69) is 13.8 Å². The summed E-state index contributed by atoms with van der Waals surface area (Å²) in [6.07, 6.45) is 6.46. The first-order valence-electron chi connectivity index (χ1n) is 6.04. The molecule has 0 radical (unpaired) electrons. The van der Waals surface area contributed by atoms with E-state index >= 15 is 0 Å². The minimum Gasteiger partial charge on any atom is -0.381 e. The van der Waals surface area contributed by atoms with Crippen LogP contribution in [0.2, 0.25) is 0 Å². The number of carbonyl (C=O) groups is 1. The number of hydrogen-bond acceptors (Lipinski definition) is 2. The summed E-state index contributed by atoms with van der Waals surface area (Å²) in [4.78, 5) is 11.6. The molecule has 0 aromatic carbocycles. The molecule has 2 fully saturated rings. The van der Waals surface area contributed by atoms with Crippen LogP contribution in [0.25, 0.3) is 0 Å². The number of ketones is 1. The number of hydrogen-bond donors (Lipinski definition) is 0. The summed E-state index contributed by atoms with van der Waals surface area (Å²) in [7, 11) is 1.79. The lowest BCUT2D eigenvalue weighted by Crippen LogP contribution is -2.49. The highest BCUT2D eigenvalue weighted by Gasteiger charge is 2.51. The first-order chi connectivity index (χ1) is 6.99. The Morgan fingerprint density at radius 1 is 1.27 bits per heavy atom. The maximum atomic E-state index is 11.6. The van der Waals surface area contributed by atoms with E-state index in [0.29, 0.717) is 17.3 Å². The second kappa shape index (κ2) is 3.58. The number of rotatable bonds is 1. The van der Waals surface area contributed by atoms with Gasteiger partial charge in [-0.3, -0.25) is 4.79 Å². The average Bonchev–Trinajstić information content (AvgIpc) is 2.19. The molecule has 0 aromatic heterocycles. The fourth-order valence-electron chi connectivity index (χ4n) is 3.48. The zero-order valence-corrected chi connectivity index (χ0v) is 10.1. The van der Waals surface area contributed by atoms with Crippen molar-refractivity contribution in [2.24, 2.45) is 10.8 Å². The molecule has 2 nitrogen and oxygen atoms in total. The van der Waals surface area contributed by atoms with Gasteiger partial charge in [0.1, 0.15) is 5.78 Å². The Bertz CT molecular complexity index is 274. The van der Waals surface area contributed by atoms with Crippen molar-refractivity contribution in [2.45, 2.75) is 58.5 Å². The molecular formula is C13H22O2. The van der Waals surface area contributed by atoms with E-state index in [-0.39, 0.29) is 5.41 Å². The summed E-state index contributed by atoms with van der Waals surface area (Å²) in [6, 6.07) is 0. The molecule has 15 heavy (non-hydrogen) atoms. The van der Waals surface area contributed by atoms with Gasteiger partial charge in [-0.15, -0.1) is 0 Å². The van der Waals surface area contributed by atoms with Crippen LogP contribution in [-0.2, 0) is 9.53 Å².